The standard InChI is InChI=1S/C14H16INO/c1-3-16-14(13-9-4-10(2)17-13)11-5-7-12(15)8-6-11/h4-9,14,16H,3H2,1-2H3. The van der Waals surface area contributed by atoms with Crippen LogP contribution in [-0.4, -0.2) is 6.54 Å². The van der Waals surface area contributed by atoms with Gasteiger partial charge in [-0.05, 0) is 65.9 Å². The Morgan fingerprint density at radius 1 is 1.18 bits per heavy atom. The van der Waals surface area contributed by atoms with Gasteiger partial charge in [-0.3, -0.25) is 0 Å². The lowest BCUT2D eigenvalue weighted by Gasteiger charge is -2.16. The summed E-state index contributed by atoms with van der Waals surface area (Å²) < 4.78 is 6.97. The van der Waals surface area contributed by atoms with Gasteiger partial charge in [0.15, 0.2) is 0 Å². The topological polar surface area (TPSA) is 25.2 Å². The molecular weight excluding hydrogens is 325 g/mol. The summed E-state index contributed by atoms with van der Waals surface area (Å²) in [5.41, 5.74) is 1.24. The number of nitrogens with one attached hydrogen (secondary N) is 1. The molecule has 0 saturated carbocycles. The van der Waals surface area contributed by atoms with Crippen molar-refractivity contribution in [1.29, 1.82) is 0 Å². The summed E-state index contributed by atoms with van der Waals surface area (Å²) in [6, 6.07) is 12.7. The molecule has 2 aromatic rings. The molecule has 2 rings (SSSR count). The summed E-state index contributed by atoms with van der Waals surface area (Å²) in [5, 5.41) is 3.45. The van der Waals surface area contributed by atoms with Crippen LogP contribution in [-0.2, 0) is 0 Å². The molecule has 0 aliphatic carbocycles. The van der Waals surface area contributed by atoms with Crippen LogP contribution in [0.3, 0.4) is 0 Å². The molecule has 17 heavy (non-hydrogen) atoms. The van der Waals surface area contributed by atoms with Gasteiger partial charge in [-0.15, -0.1) is 0 Å². The van der Waals surface area contributed by atoms with Crippen LogP contribution >= 0.6 is 22.6 Å². The molecule has 0 radical (unpaired) electrons. The van der Waals surface area contributed by atoms with Crippen LogP contribution in [0.25, 0.3) is 0 Å². The third kappa shape index (κ3) is 3.10. The molecule has 2 nitrogen and oxygen atoms in total. The second-order valence-corrected chi connectivity index (χ2v) is 5.24. The molecule has 0 amide bonds. The predicted octanol–water partition coefficient (Wildman–Crippen LogP) is 3.89. The largest absolute Gasteiger partial charge is 0.464 e. The average Bonchev–Trinajstić information content (AvgIpc) is 2.74. The second kappa shape index (κ2) is 5.69. The van der Waals surface area contributed by atoms with Gasteiger partial charge in [-0.1, -0.05) is 19.1 Å². The Kier molecular flexibility index (Phi) is 4.23. The molecule has 0 spiro atoms. The molecule has 1 aromatic heterocycles. The summed E-state index contributed by atoms with van der Waals surface area (Å²) in [6.45, 7) is 4.99. The van der Waals surface area contributed by atoms with Crippen molar-refractivity contribution in [2.45, 2.75) is 19.9 Å². The fraction of sp³-hybridized carbons (Fsp3) is 0.286. The van der Waals surface area contributed by atoms with Crippen molar-refractivity contribution in [3.05, 3.63) is 57.1 Å². The van der Waals surface area contributed by atoms with E-state index in [1.54, 1.807) is 0 Å². The van der Waals surface area contributed by atoms with Gasteiger partial charge in [-0.25, -0.2) is 0 Å². The van der Waals surface area contributed by atoms with Gasteiger partial charge < -0.3 is 9.73 Å². The Morgan fingerprint density at radius 2 is 1.88 bits per heavy atom. The number of rotatable bonds is 4. The van der Waals surface area contributed by atoms with Crippen molar-refractivity contribution in [2.75, 3.05) is 6.54 Å². The molecule has 3 heteroatoms. The smallest absolute Gasteiger partial charge is 0.125 e. The van der Waals surface area contributed by atoms with E-state index in [1.165, 1.54) is 9.13 Å². The molecule has 1 N–H and O–H groups in total. The molecule has 0 fully saturated rings. The first-order chi connectivity index (χ1) is 8.20. The lowest BCUT2D eigenvalue weighted by molar-refractivity contribution is 0.435. The molecular formula is C14H16INO. The number of aryl methyl sites for hydroxylation is 1. The van der Waals surface area contributed by atoms with Crippen molar-refractivity contribution < 1.29 is 4.42 Å². The van der Waals surface area contributed by atoms with E-state index in [9.17, 15) is 0 Å². The van der Waals surface area contributed by atoms with Gasteiger partial charge in [0.05, 0.1) is 6.04 Å². The Morgan fingerprint density at radius 3 is 2.41 bits per heavy atom. The van der Waals surface area contributed by atoms with Crippen LogP contribution in [0.1, 0.15) is 30.0 Å². The Balaban J connectivity index is 2.31. The first kappa shape index (κ1) is 12.6. The molecule has 1 unspecified atom stereocenters. The van der Waals surface area contributed by atoms with Crippen LogP contribution < -0.4 is 5.32 Å². The van der Waals surface area contributed by atoms with Crippen molar-refractivity contribution >= 4 is 22.6 Å². The SMILES string of the molecule is CCNC(c1ccc(I)cc1)c1ccc(C)o1. The van der Waals surface area contributed by atoms with E-state index >= 15 is 0 Å². The van der Waals surface area contributed by atoms with Crippen molar-refractivity contribution in [3.8, 4) is 0 Å². The van der Waals surface area contributed by atoms with Gasteiger partial charge in [-0.2, -0.15) is 0 Å². The number of benzene rings is 1. The zero-order chi connectivity index (χ0) is 12.3. The van der Waals surface area contributed by atoms with E-state index in [0.29, 0.717) is 0 Å². The van der Waals surface area contributed by atoms with Crippen LogP contribution in [0, 0.1) is 10.5 Å². The molecule has 0 aliphatic heterocycles. The predicted molar refractivity (Wildman–Crippen MR) is 78.1 cm³/mol. The van der Waals surface area contributed by atoms with E-state index in [4.69, 9.17) is 4.42 Å². The normalized spacial score (nSPS) is 12.6. The summed E-state index contributed by atoms with van der Waals surface area (Å²) in [6.07, 6.45) is 0. The second-order valence-electron chi connectivity index (χ2n) is 3.99. The van der Waals surface area contributed by atoms with Crippen molar-refractivity contribution in [1.82, 2.24) is 5.32 Å². The summed E-state index contributed by atoms with van der Waals surface area (Å²) in [7, 11) is 0. The number of halogens is 1. The molecule has 1 heterocycles. The van der Waals surface area contributed by atoms with E-state index in [2.05, 4.69) is 59.1 Å². The lowest BCUT2D eigenvalue weighted by atomic mass is 10.0. The maximum absolute atomic E-state index is 5.72. The highest BCUT2D eigenvalue weighted by Crippen LogP contribution is 2.24. The molecule has 1 aromatic carbocycles. The zero-order valence-corrected chi connectivity index (χ0v) is 12.2. The first-order valence-electron chi connectivity index (χ1n) is 5.76. The minimum absolute atomic E-state index is 0.144. The minimum atomic E-state index is 0.144. The van der Waals surface area contributed by atoms with E-state index in [1.807, 2.05) is 19.1 Å². The van der Waals surface area contributed by atoms with Gasteiger partial charge in [0.25, 0.3) is 0 Å². The van der Waals surface area contributed by atoms with Gasteiger partial charge >= 0.3 is 0 Å². The zero-order valence-electron chi connectivity index (χ0n) is 10.0. The van der Waals surface area contributed by atoms with Gasteiger partial charge in [0, 0.05) is 3.57 Å². The highest BCUT2D eigenvalue weighted by Gasteiger charge is 2.15. The summed E-state index contributed by atoms with van der Waals surface area (Å²) in [4.78, 5) is 0. The summed E-state index contributed by atoms with van der Waals surface area (Å²) >= 11 is 2.32. The third-order valence-electron chi connectivity index (χ3n) is 2.66. The lowest BCUT2D eigenvalue weighted by Crippen LogP contribution is -2.21. The van der Waals surface area contributed by atoms with E-state index in [0.717, 1.165) is 18.1 Å². The molecule has 0 saturated heterocycles. The van der Waals surface area contributed by atoms with Crippen molar-refractivity contribution in [2.24, 2.45) is 0 Å². The quantitative estimate of drug-likeness (QED) is 0.854. The fourth-order valence-corrected chi connectivity index (χ4v) is 2.21. The van der Waals surface area contributed by atoms with Gasteiger partial charge in [0.2, 0.25) is 0 Å². The number of hydrogen-bond donors (Lipinski definition) is 1. The maximum Gasteiger partial charge on any atom is 0.125 e. The van der Waals surface area contributed by atoms with Crippen LogP contribution in [0.15, 0.2) is 40.8 Å². The average molecular weight is 341 g/mol. The highest BCUT2D eigenvalue weighted by atomic mass is 127. The third-order valence-corrected chi connectivity index (χ3v) is 3.38. The monoisotopic (exact) mass is 341 g/mol. The van der Waals surface area contributed by atoms with E-state index in [-0.39, 0.29) is 6.04 Å². The number of furan rings is 1. The molecule has 0 bridgehead atoms. The van der Waals surface area contributed by atoms with E-state index < -0.39 is 0 Å². The fourth-order valence-electron chi connectivity index (χ4n) is 1.85. The van der Waals surface area contributed by atoms with Crippen LogP contribution in [0.5, 0.6) is 0 Å². The van der Waals surface area contributed by atoms with Crippen molar-refractivity contribution in [3.63, 3.8) is 0 Å². The molecule has 90 valence electrons. The maximum atomic E-state index is 5.72. The molecule has 0 aliphatic rings. The Bertz CT molecular complexity index is 475. The minimum Gasteiger partial charge on any atom is -0.464 e. The van der Waals surface area contributed by atoms with Gasteiger partial charge in [0.1, 0.15) is 11.5 Å². The van der Waals surface area contributed by atoms with Crippen LogP contribution in [0.2, 0.25) is 0 Å². The summed E-state index contributed by atoms with van der Waals surface area (Å²) in [5.74, 6) is 1.93. The Labute approximate surface area is 116 Å². The first-order valence-corrected chi connectivity index (χ1v) is 6.83. The highest BCUT2D eigenvalue weighted by molar-refractivity contribution is 14.1. The number of hydrogen-bond acceptors (Lipinski definition) is 2. The molecule has 1 atom stereocenters. The van der Waals surface area contributed by atoms with Crippen LogP contribution in [0.4, 0.5) is 0 Å². The Hall–Kier alpha value is -0.810.